The first-order valence-electron chi connectivity index (χ1n) is 7.60. The first kappa shape index (κ1) is 15.1. The number of fused-ring (bicyclic) bond motifs is 1. The summed E-state index contributed by atoms with van der Waals surface area (Å²) in [4.78, 5) is 23.7. The summed E-state index contributed by atoms with van der Waals surface area (Å²) in [5.74, 6) is -0.122. The van der Waals surface area contributed by atoms with Crippen LogP contribution in [0.3, 0.4) is 0 Å². The molecular formula is C18H19N3O2. The molecule has 3 rings (SSSR count). The highest BCUT2D eigenvalue weighted by atomic mass is 16.2. The van der Waals surface area contributed by atoms with Crippen LogP contribution in [0.15, 0.2) is 42.5 Å². The molecule has 2 amide bonds. The van der Waals surface area contributed by atoms with E-state index in [1.165, 1.54) is 0 Å². The zero-order valence-corrected chi connectivity index (χ0v) is 13.1. The Labute approximate surface area is 135 Å². The van der Waals surface area contributed by atoms with Crippen molar-refractivity contribution in [1.82, 2.24) is 5.32 Å². The highest BCUT2D eigenvalue weighted by Gasteiger charge is 2.20. The monoisotopic (exact) mass is 309 g/mol. The quantitative estimate of drug-likeness (QED) is 0.799. The van der Waals surface area contributed by atoms with Crippen molar-refractivity contribution >= 4 is 23.2 Å². The Morgan fingerprint density at radius 3 is 2.78 bits per heavy atom. The molecule has 5 nitrogen and oxygen atoms in total. The number of hydrogen-bond donors (Lipinski definition) is 3. The fourth-order valence-electron chi connectivity index (χ4n) is 2.80. The van der Waals surface area contributed by atoms with E-state index in [1.54, 1.807) is 13.1 Å². The second-order valence-corrected chi connectivity index (χ2v) is 5.69. The van der Waals surface area contributed by atoms with Crippen LogP contribution < -0.4 is 16.0 Å². The van der Waals surface area contributed by atoms with Crippen molar-refractivity contribution < 1.29 is 9.59 Å². The van der Waals surface area contributed by atoms with Crippen molar-refractivity contribution in [2.24, 2.45) is 0 Å². The van der Waals surface area contributed by atoms with Crippen LogP contribution >= 0.6 is 0 Å². The number of carbonyl (C=O) groups excluding carboxylic acids is 2. The van der Waals surface area contributed by atoms with E-state index < -0.39 is 0 Å². The minimum absolute atomic E-state index is 0.0000106. The highest BCUT2D eigenvalue weighted by Crippen LogP contribution is 2.36. The Bertz CT molecular complexity index is 771. The number of rotatable bonds is 2. The Morgan fingerprint density at radius 1 is 1.22 bits per heavy atom. The van der Waals surface area contributed by atoms with Crippen LogP contribution in [-0.4, -0.2) is 24.9 Å². The molecule has 0 spiro atoms. The van der Waals surface area contributed by atoms with Gasteiger partial charge in [0, 0.05) is 30.6 Å². The van der Waals surface area contributed by atoms with Gasteiger partial charge in [0.05, 0.1) is 11.4 Å². The molecule has 0 bridgehead atoms. The average Bonchev–Trinajstić information content (AvgIpc) is 2.70. The maximum absolute atomic E-state index is 11.9. The smallest absolute Gasteiger partial charge is 0.251 e. The van der Waals surface area contributed by atoms with Crippen molar-refractivity contribution in [2.45, 2.75) is 19.4 Å². The van der Waals surface area contributed by atoms with Crippen molar-refractivity contribution in [3.05, 3.63) is 48.0 Å². The standard InChI is InChI=1S/C18H19N3O2/c1-11-9-16(22)21-15-8-4-7-14(17(15)20-11)12-5-3-6-13(10-12)18(23)19-2/h3-8,10-11,20H,9H2,1-2H3,(H,19,23)(H,21,22)/t11-/m1/s1. The van der Waals surface area contributed by atoms with Gasteiger partial charge in [-0.05, 0) is 30.7 Å². The van der Waals surface area contributed by atoms with E-state index in [9.17, 15) is 9.59 Å². The Morgan fingerprint density at radius 2 is 2.00 bits per heavy atom. The van der Waals surface area contributed by atoms with Crippen molar-refractivity contribution in [3.8, 4) is 11.1 Å². The van der Waals surface area contributed by atoms with Gasteiger partial charge in [0.2, 0.25) is 5.91 Å². The van der Waals surface area contributed by atoms with E-state index in [0.29, 0.717) is 12.0 Å². The number of anilines is 2. The number of amides is 2. The summed E-state index contributed by atoms with van der Waals surface area (Å²) in [6, 6.07) is 13.3. The van der Waals surface area contributed by atoms with Gasteiger partial charge >= 0.3 is 0 Å². The lowest BCUT2D eigenvalue weighted by atomic mass is 9.99. The van der Waals surface area contributed by atoms with Crippen LogP contribution in [0.1, 0.15) is 23.7 Å². The maximum atomic E-state index is 11.9. The van der Waals surface area contributed by atoms with Crippen LogP contribution in [0.4, 0.5) is 11.4 Å². The van der Waals surface area contributed by atoms with Crippen molar-refractivity contribution in [2.75, 3.05) is 17.7 Å². The molecule has 0 unspecified atom stereocenters. The minimum atomic E-state index is -0.122. The second kappa shape index (κ2) is 6.12. The summed E-state index contributed by atoms with van der Waals surface area (Å²) >= 11 is 0. The van der Waals surface area contributed by atoms with Crippen molar-refractivity contribution in [1.29, 1.82) is 0 Å². The van der Waals surface area contributed by atoms with E-state index in [2.05, 4.69) is 16.0 Å². The molecule has 2 aromatic carbocycles. The van der Waals surface area contributed by atoms with Gasteiger partial charge in [-0.25, -0.2) is 0 Å². The van der Waals surface area contributed by atoms with E-state index in [-0.39, 0.29) is 17.9 Å². The van der Waals surface area contributed by atoms with Gasteiger partial charge in [0.25, 0.3) is 5.91 Å². The van der Waals surface area contributed by atoms with Gasteiger partial charge in [-0.2, -0.15) is 0 Å². The molecule has 1 aliphatic rings. The van der Waals surface area contributed by atoms with Crippen LogP contribution in [0.5, 0.6) is 0 Å². The Hall–Kier alpha value is -2.82. The van der Waals surface area contributed by atoms with Gasteiger partial charge in [-0.15, -0.1) is 0 Å². The molecule has 1 aliphatic heterocycles. The number of carbonyl (C=O) groups is 2. The number of hydrogen-bond acceptors (Lipinski definition) is 3. The molecule has 2 aromatic rings. The summed E-state index contributed by atoms with van der Waals surface area (Å²) in [7, 11) is 1.61. The molecule has 118 valence electrons. The molecule has 0 radical (unpaired) electrons. The second-order valence-electron chi connectivity index (χ2n) is 5.69. The third-order valence-corrected chi connectivity index (χ3v) is 3.88. The molecule has 0 fully saturated rings. The normalized spacial score (nSPS) is 16.6. The lowest BCUT2D eigenvalue weighted by Crippen LogP contribution is -2.19. The van der Waals surface area contributed by atoms with E-state index >= 15 is 0 Å². The lowest BCUT2D eigenvalue weighted by molar-refractivity contribution is -0.116. The van der Waals surface area contributed by atoms with Gasteiger partial charge in [-0.3, -0.25) is 9.59 Å². The molecule has 1 heterocycles. The Balaban J connectivity index is 2.09. The molecule has 0 saturated carbocycles. The summed E-state index contributed by atoms with van der Waals surface area (Å²) in [6.07, 6.45) is 0.423. The zero-order valence-electron chi connectivity index (χ0n) is 13.1. The maximum Gasteiger partial charge on any atom is 0.251 e. The van der Waals surface area contributed by atoms with E-state index in [1.807, 2.05) is 43.3 Å². The molecule has 1 atom stereocenters. The molecule has 0 aromatic heterocycles. The largest absolute Gasteiger partial charge is 0.380 e. The topological polar surface area (TPSA) is 70.2 Å². The minimum Gasteiger partial charge on any atom is -0.380 e. The highest BCUT2D eigenvalue weighted by molar-refractivity contribution is 6.01. The SMILES string of the molecule is CNC(=O)c1cccc(-c2cccc3c2N[C@H](C)CC(=O)N3)c1. The molecule has 23 heavy (non-hydrogen) atoms. The predicted molar refractivity (Wildman–Crippen MR) is 91.6 cm³/mol. The first-order chi connectivity index (χ1) is 11.1. The summed E-state index contributed by atoms with van der Waals surface area (Å²) in [6.45, 7) is 1.98. The fourth-order valence-corrected chi connectivity index (χ4v) is 2.80. The molecular weight excluding hydrogens is 290 g/mol. The number of nitrogens with one attached hydrogen (secondary N) is 3. The Kier molecular flexibility index (Phi) is 4.02. The van der Waals surface area contributed by atoms with Crippen LogP contribution in [0.2, 0.25) is 0 Å². The molecule has 5 heteroatoms. The first-order valence-corrected chi connectivity index (χ1v) is 7.60. The third-order valence-electron chi connectivity index (χ3n) is 3.88. The average molecular weight is 309 g/mol. The lowest BCUT2D eigenvalue weighted by Gasteiger charge is -2.17. The van der Waals surface area contributed by atoms with Crippen LogP contribution in [-0.2, 0) is 4.79 Å². The van der Waals surface area contributed by atoms with Gasteiger partial charge in [0.1, 0.15) is 0 Å². The summed E-state index contributed by atoms with van der Waals surface area (Å²) < 4.78 is 0. The predicted octanol–water partition coefficient (Wildman–Crippen LogP) is 2.86. The number of para-hydroxylation sites is 1. The zero-order chi connectivity index (χ0) is 16.4. The molecule has 0 saturated heterocycles. The van der Waals surface area contributed by atoms with E-state index in [4.69, 9.17) is 0 Å². The third kappa shape index (κ3) is 3.04. The summed E-state index contributed by atoms with van der Waals surface area (Å²) in [5, 5.41) is 8.96. The molecule has 0 aliphatic carbocycles. The van der Waals surface area contributed by atoms with Gasteiger partial charge < -0.3 is 16.0 Å². The van der Waals surface area contributed by atoms with Crippen LogP contribution in [0, 0.1) is 0 Å². The van der Waals surface area contributed by atoms with Gasteiger partial charge in [0.15, 0.2) is 0 Å². The van der Waals surface area contributed by atoms with Crippen LogP contribution in [0.25, 0.3) is 11.1 Å². The van der Waals surface area contributed by atoms with Crippen molar-refractivity contribution in [3.63, 3.8) is 0 Å². The summed E-state index contributed by atoms with van der Waals surface area (Å²) in [5.41, 5.74) is 4.15. The fraction of sp³-hybridized carbons (Fsp3) is 0.222. The molecule has 3 N–H and O–H groups in total. The van der Waals surface area contributed by atoms with E-state index in [0.717, 1.165) is 22.5 Å². The number of benzene rings is 2. The van der Waals surface area contributed by atoms with Gasteiger partial charge in [-0.1, -0.05) is 24.3 Å².